The van der Waals surface area contributed by atoms with Gasteiger partial charge in [-0.1, -0.05) is 12.1 Å². The number of ether oxygens (including phenoxy) is 1. The van der Waals surface area contributed by atoms with Crippen molar-refractivity contribution in [3.8, 4) is 5.75 Å². The normalized spacial score (nSPS) is 10.2. The maximum atomic E-state index is 13.3. The lowest BCUT2D eigenvalue weighted by Crippen LogP contribution is -2.28. The van der Waals surface area contributed by atoms with Crippen molar-refractivity contribution in [1.82, 2.24) is 5.32 Å². The highest BCUT2D eigenvalue weighted by Crippen LogP contribution is 2.25. The van der Waals surface area contributed by atoms with Gasteiger partial charge in [0, 0.05) is 6.54 Å². The molecule has 2 aromatic rings. The van der Waals surface area contributed by atoms with Crippen molar-refractivity contribution in [1.29, 1.82) is 0 Å². The summed E-state index contributed by atoms with van der Waals surface area (Å²) in [5.41, 5.74) is 3.80. The number of hydrogen-bond acceptors (Lipinski definition) is 2. The number of aryl methyl sites for hydroxylation is 2. The Morgan fingerprint density at radius 2 is 1.95 bits per heavy atom. The Kier molecular flexibility index (Phi) is 5.33. The smallest absolute Gasteiger partial charge is 0.171 e. The standard InChI is InChI=1S/C17H19FN2OS/c1-11-4-7-16(21-3)15(8-11)20-17(22)19-10-13-9-14(18)6-5-12(13)2/h4-9H,10H2,1-3H3,(H2,19,20,22). The second-order valence-electron chi connectivity index (χ2n) is 5.08. The highest BCUT2D eigenvalue weighted by Gasteiger charge is 2.06. The molecule has 2 N–H and O–H groups in total. The van der Waals surface area contributed by atoms with Crippen molar-refractivity contribution in [2.45, 2.75) is 20.4 Å². The molecule has 0 unspecified atom stereocenters. The Morgan fingerprint density at radius 1 is 1.18 bits per heavy atom. The Hall–Kier alpha value is -2.14. The zero-order valence-electron chi connectivity index (χ0n) is 12.9. The van der Waals surface area contributed by atoms with Gasteiger partial charge in [-0.2, -0.15) is 0 Å². The molecule has 22 heavy (non-hydrogen) atoms. The molecule has 0 fully saturated rings. The summed E-state index contributed by atoms with van der Waals surface area (Å²) in [5.74, 6) is 0.471. The van der Waals surface area contributed by atoms with Crippen LogP contribution in [0, 0.1) is 19.7 Å². The zero-order chi connectivity index (χ0) is 16.1. The van der Waals surface area contributed by atoms with Gasteiger partial charge in [0.25, 0.3) is 0 Å². The van der Waals surface area contributed by atoms with E-state index in [2.05, 4.69) is 10.6 Å². The highest BCUT2D eigenvalue weighted by atomic mass is 32.1. The van der Waals surface area contributed by atoms with Gasteiger partial charge in [-0.05, 0) is 67.0 Å². The van der Waals surface area contributed by atoms with Gasteiger partial charge in [0.1, 0.15) is 11.6 Å². The molecule has 0 aromatic heterocycles. The molecule has 116 valence electrons. The molecule has 2 rings (SSSR count). The van der Waals surface area contributed by atoms with E-state index in [9.17, 15) is 4.39 Å². The van der Waals surface area contributed by atoms with Crippen molar-refractivity contribution in [2.24, 2.45) is 0 Å². The summed E-state index contributed by atoms with van der Waals surface area (Å²) < 4.78 is 18.6. The fourth-order valence-corrected chi connectivity index (χ4v) is 2.27. The van der Waals surface area contributed by atoms with E-state index in [4.69, 9.17) is 17.0 Å². The van der Waals surface area contributed by atoms with Crippen LogP contribution < -0.4 is 15.4 Å². The van der Waals surface area contributed by atoms with Gasteiger partial charge in [0.05, 0.1) is 12.8 Å². The van der Waals surface area contributed by atoms with Crippen molar-refractivity contribution in [2.75, 3.05) is 12.4 Å². The second-order valence-corrected chi connectivity index (χ2v) is 5.49. The molecule has 0 saturated heterocycles. The first-order chi connectivity index (χ1) is 10.5. The molecule has 2 aromatic carbocycles. The summed E-state index contributed by atoms with van der Waals surface area (Å²) in [4.78, 5) is 0. The number of hydrogen-bond donors (Lipinski definition) is 2. The van der Waals surface area contributed by atoms with Crippen LogP contribution in [0.25, 0.3) is 0 Å². The lowest BCUT2D eigenvalue weighted by atomic mass is 10.1. The molecule has 0 bridgehead atoms. The third kappa shape index (κ3) is 4.18. The minimum absolute atomic E-state index is 0.248. The first kappa shape index (κ1) is 16.2. The van der Waals surface area contributed by atoms with Crippen LogP contribution in [0.1, 0.15) is 16.7 Å². The molecule has 0 aliphatic heterocycles. The molecule has 0 aliphatic rings. The fraction of sp³-hybridized carbons (Fsp3) is 0.235. The number of methoxy groups -OCH3 is 1. The second kappa shape index (κ2) is 7.22. The number of rotatable bonds is 4. The average Bonchev–Trinajstić information content (AvgIpc) is 2.48. The van der Waals surface area contributed by atoms with Crippen molar-refractivity contribution < 1.29 is 9.13 Å². The average molecular weight is 318 g/mol. The van der Waals surface area contributed by atoms with Crippen LogP contribution in [-0.4, -0.2) is 12.2 Å². The quantitative estimate of drug-likeness (QED) is 0.837. The summed E-state index contributed by atoms with van der Waals surface area (Å²) >= 11 is 5.29. The first-order valence-electron chi connectivity index (χ1n) is 6.94. The van der Waals surface area contributed by atoms with Gasteiger partial charge in [-0.3, -0.25) is 0 Å². The number of halogens is 1. The highest BCUT2D eigenvalue weighted by molar-refractivity contribution is 7.80. The van der Waals surface area contributed by atoms with Crippen LogP contribution in [0.3, 0.4) is 0 Å². The van der Waals surface area contributed by atoms with Crippen molar-refractivity contribution in [3.63, 3.8) is 0 Å². The Bertz CT molecular complexity index is 688. The fourth-order valence-electron chi connectivity index (χ4n) is 2.09. The zero-order valence-corrected chi connectivity index (χ0v) is 13.7. The Balaban J connectivity index is 2.01. The molecule has 0 atom stereocenters. The van der Waals surface area contributed by atoms with E-state index < -0.39 is 0 Å². The molecular formula is C17H19FN2OS. The lowest BCUT2D eigenvalue weighted by Gasteiger charge is -2.15. The number of thiocarbonyl (C=S) groups is 1. The van der Waals surface area contributed by atoms with E-state index in [1.165, 1.54) is 12.1 Å². The van der Waals surface area contributed by atoms with Crippen LogP contribution in [0.15, 0.2) is 36.4 Å². The largest absolute Gasteiger partial charge is 0.495 e. The van der Waals surface area contributed by atoms with E-state index >= 15 is 0 Å². The maximum Gasteiger partial charge on any atom is 0.171 e. The van der Waals surface area contributed by atoms with Gasteiger partial charge >= 0.3 is 0 Å². The van der Waals surface area contributed by atoms with Crippen molar-refractivity contribution in [3.05, 3.63) is 58.9 Å². The minimum Gasteiger partial charge on any atom is -0.495 e. The van der Waals surface area contributed by atoms with Crippen LogP contribution in [0.5, 0.6) is 5.75 Å². The topological polar surface area (TPSA) is 33.3 Å². The lowest BCUT2D eigenvalue weighted by molar-refractivity contribution is 0.417. The Labute approximate surface area is 135 Å². The predicted octanol–water partition coefficient (Wildman–Crippen LogP) is 3.94. The van der Waals surface area contributed by atoms with Crippen molar-refractivity contribution >= 4 is 23.0 Å². The molecule has 0 spiro atoms. The molecule has 0 saturated carbocycles. The summed E-state index contributed by atoms with van der Waals surface area (Å²) in [6.45, 7) is 4.40. The van der Waals surface area contributed by atoms with Gasteiger partial charge in [-0.15, -0.1) is 0 Å². The van der Waals surface area contributed by atoms with E-state index in [0.29, 0.717) is 11.7 Å². The Morgan fingerprint density at radius 3 is 2.68 bits per heavy atom. The van der Waals surface area contributed by atoms with Gasteiger partial charge in [-0.25, -0.2) is 4.39 Å². The van der Waals surface area contributed by atoms with Gasteiger partial charge < -0.3 is 15.4 Å². The third-order valence-corrected chi connectivity index (χ3v) is 3.60. The summed E-state index contributed by atoms with van der Waals surface area (Å²) in [5, 5.41) is 6.66. The minimum atomic E-state index is -0.248. The molecule has 0 amide bonds. The summed E-state index contributed by atoms with van der Waals surface area (Å²) in [6.07, 6.45) is 0. The number of anilines is 1. The van der Waals surface area contributed by atoms with Crippen LogP contribution in [0.4, 0.5) is 10.1 Å². The molecule has 0 radical (unpaired) electrons. The monoisotopic (exact) mass is 318 g/mol. The first-order valence-corrected chi connectivity index (χ1v) is 7.35. The summed E-state index contributed by atoms with van der Waals surface area (Å²) in [6, 6.07) is 10.5. The molecular weight excluding hydrogens is 299 g/mol. The number of nitrogens with one attached hydrogen (secondary N) is 2. The SMILES string of the molecule is COc1ccc(C)cc1NC(=S)NCc1cc(F)ccc1C. The van der Waals surface area contributed by atoms with Gasteiger partial charge in [0.2, 0.25) is 0 Å². The molecule has 0 heterocycles. The summed E-state index contributed by atoms with van der Waals surface area (Å²) in [7, 11) is 1.61. The van der Waals surface area contributed by atoms with E-state index in [1.807, 2.05) is 32.0 Å². The van der Waals surface area contributed by atoms with Crippen LogP contribution in [0.2, 0.25) is 0 Å². The van der Waals surface area contributed by atoms with E-state index in [-0.39, 0.29) is 5.82 Å². The maximum absolute atomic E-state index is 13.3. The molecule has 0 aliphatic carbocycles. The third-order valence-electron chi connectivity index (χ3n) is 3.35. The molecule has 3 nitrogen and oxygen atoms in total. The van der Waals surface area contributed by atoms with E-state index in [0.717, 1.165) is 28.1 Å². The van der Waals surface area contributed by atoms with Crippen LogP contribution in [-0.2, 0) is 6.54 Å². The van der Waals surface area contributed by atoms with Crippen LogP contribution >= 0.6 is 12.2 Å². The molecule has 5 heteroatoms. The van der Waals surface area contributed by atoms with E-state index in [1.54, 1.807) is 13.2 Å². The predicted molar refractivity (Wildman–Crippen MR) is 91.9 cm³/mol. The number of benzene rings is 2. The van der Waals surface area contributed by atoms with Gasteiger partial charge in [0.15, 0.2) is 5.11 Å².